The molecule has 20 heavy (non-hydrogen) atoms. The minimum atomic E-state index is -0.202. The maximum atomic E-state index is 12.0. The largest absolute Gasteiger partial charge is 0.320 e. The first-order valence-electron chi connectivity index (χ1n) is 5.98. The molecule has 0 unspecified atom stereocenters. The lowest BCUT2D eigenvalue weighted by atomic mass is 10.2. The second kappa shape index (κ2) is 5.26. The molecule has 0 saturated carbocycles. The molecular formula is C14H11N3O2S. The minimum absolute atomic E-state index is 0.202. The number of allylic oxidation sites excluding steroid dienone is 1. The molecular weight excluding hydrogens is 274 g/mol. The molecule has 2 heterocycles. The van der Waals surface area contributed by atoms with Gasteiger partial charge >= 0.3 is 0 Å². The fraction of sp³-hybridized carbons (Fsp3) is 0.0714. The third-order valence-corrected chi connectivity index (χ3v) is 3.81. The van der Waals surface area contributed by atoms with Crippen molar-refractivity contribution in [1.29, 1.82) is 0 Å². The van der Waals surface area contributed by atoms with Crippen LogP contribution >= 0.6 is 11.3 Å². The van der Waals surface area contributed by atoms with Crippen molar-refractivity contribution in [3.05, 3.63) is 46.7 Å². The number of thiophene rings is 1. The van der Waals surface area contributed by atoms with Crippen molar-refractivity contribution < 1.29 is 9.42 Å². The van der Waals surface area contributed by atoms with Gasteiger partial charge in [0.15, 0.2) is 5.52 Å². The molecule has 0 saturated heterocycles. The predicted octanol–water partition coefficient (Wildman–Crippen LogP) is 3.33. The number of fused-ring (bicyclic) bond motifs is 1. The third-order valence-electron chi connectivity index (χ3n) is 2.80. The highest BCUT2D eigenvalue weighted by atomic mass is 32.1. The fourth-order valence-electron chi connectivity index (χ4n) is 1.85. The Kier molecular flexibility index (Phi) is 3.30. The SMILES string of the molecule is CC(=CC(=O)Nc1cccc2nonc12)c1cccs1. The van der Waals surface area contributed by atoms with E-state index in [1.807, 2.05) is 24.4 Å². The van der Waals surface area contributed by atoms with Crippen molar-refractivity contribution in [3.63, 3.8) is 0 Å². The Labute approximate surface area is 118 Å². The van der Waals surface area contributed by atoms with Crippen molar-refractivity contribution in [1.82, 2.24) is 10.3 Å². The highest BCUT2D eigenvalue weighted by molar-refractivity contribution is 7.11. The number of benzene rings is 1. The monoisotopic (exact) mass is 285 g/mol. The molecule has 0 aliphatic rings. The molecule has 0 radical (unpaired) electrons. The number of rotatable bonds is 3. The standard InChI is InChI=1S/C14H11N3O2S/c1-9(12-6-3-7-20-12)8-13(18)15-10-4-2-5-11-14(10)17-19-16-11/h2-8H,1H3,(H,15,18). The molecule has 100 valence electrons. The third kappa shape index (κ3) is 2.46. The lowest BCUT2D eigenvalue weighted by molar-refractivity contribution is -0.111. The Hall–Kier alpha value is -2.47. The molecule has 1 aromatic carbocycles. The number of nitrogens with one attached hydrogen (secondary N) is 1. The summed E-state index contributed by atoms with van der Waals surface area (Å²) in [6.45, 7) is 1.91. The van der Waals surface area contributed by atoms with Crippen molar-refractivity contribution >= 4 is 39.5 Å². The van der Waals surface area contributed by atoms with E-state index in [9.17, 15) is 4.79 Å². The topological polar surface area (TPSA) is 68.0 Å². The molecule has 2 aromatic heterocycles. The van der Waals surface area contributed by atoms with Crippen LogP contribution in [0.3, 0.4) is 0 Å². The average molecular weight is 285 g/mol. The first-order chi connectivity index (χ1) is 9.74. The highest BCUT2D eigenvalue weighted by Gasteiger charge is 2.08. The maximum Gasteiger partial charge on any atom is 0.248 e. The Morgan fingerprint density at radius 1 is 1.30 bits per heavy atom. The Bertz CT molecular complexity index is 775. The number of nitrogens with zero attached hydrogens (tertiary/aromatic N) is 2. The van der Waals surface area contributed by atoms with E-state index in [2.05, 4.69) is 20.3 Å². The van der Waals surface area contributed by atoms with Gasteiger partial charge in [-0.25, -0.2) is 4.63 Å². The number of amides is 1. The summed E-state index contributed by atoms with van der Waals surface area (Å²) in [6, 6.07) is 9.26. The lowest BCUT2D eigenvalue weighted by Crippen LogP contribution is -2.08. The summed E-state index contributed by atoms with van der Waals surface area (Å²) in [6.07, 6.45) is 1.57. The Balaban J connectivity index is 1.83. The first kappa shape index (κ1) is 12.6. The summed E-state index contributed by atoms with van der Waals surface area (Å²) in [5.74, 6) is -0.202. The van der Waals surface area contributed by atoms with Gasteiger partial charge in [-0.05, 0) is 46.4 Å². The Morgan fingerprint density at radius 3 is 3.00 bits per heavy atom. The van der Waals surface area contributed by atoms with Gasteiger partial charge in [-0.1, -0.05) is 12.1 Å². The molecule has 0 aliphatic carbocycles. The van der Waals surface area contributed by atoms with Crippen LogP contribution < -0.4 is 5.32 Å². The zero-order valence-electron chi connectivity index (χ0n) is 10.7. The smallest absolute Gasteiger partial charge is 0.248 e. The van der Waals surface area contributed by atoms with E-state index in [-0.39, 0.29) is 5.91 Å². The van der Waals surface area contributed by atoms with Gasteiger partial charge in [-0.15, -0.1) is 11.3 Å². The van der Waals surface area contributed by atoms with Crippen LogP contribution in [0.1, 0.15) is 11.8 Å². The van der Waals surface area contributed by atoms with E-state index in [0.29, 0.717) is 16.7 Å². The normalized spacial score (nSPS) is 11.8. The van der Waals surface area contributed by atoms with Crippen LogP contribution in [0.25, 0.3) is 16.6 Å². The van der Waals surface area contributed by atoms with Crippen LogP contribution in [0.4, 0.5) is 5.69 Å². The van der Waals surface area contributed by atoms with E-state index >= 15 is 0 Å². The summed E-state index contributed by atoms with van der Waals surface area (Å²) in [7, 11) is 0. The second-order valence-corrected chi connectivity index (χ2v) is 5.18. The molecule has 5 nitrogen and oxygen atoms in total. The molecule has 0 atom stereocenters. The zero-order valence-corrected chi connectivity index (χ0v) is 11.5. The van der Waals surface area contributed by atoms with Gasteiger partial charge in [0, 0.05) is 11.0 Å². The number of hydrogen-bond acceptors (Lipinski definition) is 5. The van der Waals surface area contributed by atoms with Gasteiger partial charge in [0.1, 0.15) is 5.52 Å². The van der Waals surface area contributed by atoms with Crippen LogP contribution in [-0.4, -0.2) is 16.2 Å². The molecule has 0 fully saturated rings. The number of carbonyl (C=O) groups is 1. The van der Waals surface area contributed by atoms with Crippen LogP contribution in [0.15, 0.2) is 46.4 Å². The summed E-state index contributed by atoms with van der Waals surface area (Å²) in [5.41, 5.74) is 2.66. The van der Waals surface area contributed by atoms with Gasteiger partial charge in [-0.3, -0.25) is 4.79 Å². The number of hydrogen-bond donors (Lipinski definition) is 1. The Morgan fingerprint density at radius 2 is 2.20 bits per heavy atom. The van der Waals surface area contributed by atoms with Gasteiger partial charge < -0.3 is 5.32 Å². The van der Waals surface area contributed by atoms with Crippen molar-refractivity contribution in [2.24, 2.45) is 0 Å². The number of aromatic nitrogens is 2. The number of anilines is 1. The van der Waals surface area contributed by atoms with Gasteiger partial charge in [-0.2, -0.15) is 0 Å². The summed E-state index contributed by atoms with van der Waals surface area (Å²) < 4.78 is 4.66. The minimum Gasteiger partial charge on any atom is -0.320 e. The average Bonchev–Trinajstić information content (AvgIpc) is 3.10. The van der Waals surface area contributed by atoms with Gasteiger partial charge in [0.25, 0.3) is 0 Å². The molecule has 1 N–H and O–H groups in total. The molecule has 1 amide bonds. The molecule has 6 heteroatoms. The molecule has 3 aromatic rings. The molecule has 0 bridgehead atoms. The van der Waals surface area contributed by atoms with E-state index in [0.717, 1.165) is 10.5 Å². The van der Waals surface area contributed by atoms with E-state index in [4.69, 9.17) is 0 Å². The second-order valence-electron chi connectivity index (χ2n) is 4.23. The zero-order chi connectivity index (χ0) is 13.9. The maximum absolute atomic E-state index is 12.0. The van der Waals surface area contributed by atoms with Gasteiger partial charge in [0.05, 0.1) is 5.69 Å². The van der Waals surface area contributed by atoms with E-state index in [1.54, 1.807) is 35.6 Å². The summed E-state index contributed by atoms with van der Waals surface area (Å²) >= 11 is 1.60. The molecule has 3 rings (SSSR count). The summed E-state index contributed by atoms with van der Waals surface area (Å²) in [5, 5.41) is 12.3. The highest BCUT2D eigenvalue weighted by Crippen LogP contribution is 2.21. The lowest BCUT2D eigenvalue weighted by Gasteiger charge is -2.02. The number of carbonyl (C=O) groups excluding carboxylic acids is 1. The van der Waals surface area contributed by atoms with Crippen molar-refractivity contribution in [2.75, 3.05) is 5.32 Å². The van der Waals surface area contributed by atoms with E-state index < -0.39 is 0 Å². The summed E-state index contributed by atoms with van der Waals surface area (Å²) in [4.78, 5) is 13.1. The van der Waals surface area contributed by atoms with Crippen LogP contribution in [0.5, 0.6) is 0 Å². The molecule has 0 aliphatic heterocycles. The van der Waals surface area contributed by atoms with Crippen LogP contribution in [-0.2, 0) is 4.79 Å². The quantitative estimate of drug-likeness (QED) is 0.749. The van der Waals surface area contributed by atoms with E-state index in [1.165, 1.54) is 0 Å². The predicted molar refractivity (Wildman–Crippen MR) is 78.4 cm³/mol. The van der Waals surface area contributed by atoms with Crippen molar-refractivity contribution in [2.45, 2.75) is 6.92 Å². The first-order valence-corrected chi connectivity index (χ1v) is 6.86. The van der Waals surface area contributed by atoms with Crippen LogP contribution in [0, 0.1) is 0 Å². The molecule has 0 spiro atoms. The van der Waals surface area contributed by atoms with Gasteiger partial charge in [0.2, 0.25) is 5.91 Å². The van der Waals surface area contributed by atoms with Crippen molar-refractivity contribution in [3.8, 4) is 0 Å². The fourth-order valence-corrected chi connectivity index (χ4v) is 2.55. The van der Waals surface area contributed by atoms with Crippen LogP contribution in [0.2, 0.25) is 0 Å².